The summed E-state index contributed by atoms with van der Waals surface area (Å²) < 4.78 is 40.3. The molecule has 2 aromatic heterocycles. The molecule has 146 valence electrons. The van der Waals surface area contributed by atoms with Crippen LogP contribution in [0, 0.1) is 6.92 Å². The Morgan fingerprint density at radius 2 is 1.96 bits per heavy atom. The first-order chi connectivity index (χ1) is 13.1. The number of hydrogen-bond acceptors (Lipinski definition) is 4. The van der Waals surface area contributed by atoms with Crippen LogP contribution < -0.4 is 5.32 Å². The van der Waals surface area contributed by atoms with Gasteiger partial charge in [0.15, 0.2) is 11.6 Å². The van der Waals surface area contributed by atoms with Crippen LogP contribution in [-0.4, -0.2) is 25.7 Å². The number of benzene rings is 1. The molecule has 0 spiro atoms. The number of nitrogens with one attached hydrogen (secondary N) is 1. The molecule has 0 aliphatic carbocycles. The monoisotopic (exact) mass is 409 g/mol. The number of carbonyl (C=O) groups excluding carboxylic acids is 1. The topological polar surface area (TPSA) is 72.7 Å². The van der Waals surface area contributed by atoms with E-state index < -0.39 is 23.7 Å². The Balaban J connectivity index is 1.84. The molecule has 3 aromatic rings. The molecule has 0 bridgehead atoms. The second-order valence-corrected chi connectivity index (χ2v) is 6.58. The maximum Gasteiger partial charge on any atom is 0.416 e. The Morgan fingerprint density at radius 1 is 1.21 bits per heavy atom. The van der Waals surface area contributed by atoms with Gasteiger partial charge in [-0.1, -0.05) is 17.7 Å². The van der Waals surface area contributed by atoms with Crippen molar-refractivity contribution in [3.05, 3.63) is 70.4 Å². The van der Waals surface area contributed by atoms with Gasteiger partial charge in [0.25, 0.3) is 5.91 Å². The summed E-state index contributed by atoms with van der Waals surface area (Å²) in [5, 5.41) is 6.53. The summed E-state index contributed by atoms with van der Waals surface area (Å²) in [5.41, 5.74) is -0.232. The molecule has 6 nitrogen and oxygen atoms in total. The molecule has 2 heterocycles. The van der Waals surface area contributed by atoms with Crippen molar-refractivity contribution >= 4 is 17.5 Å². The zero-order valence-electron chi connectivity index (χ0n) is 14.8. The van der Waals surface area contributed by atoms with Crippen molar-refractivity contribution < 1.29 is 18.0 Å². The van der Waals surface area contributed by atoms with Crippen molar-refractivity contribution in [3.63, 3.8) is 0 Å². The SMILES string of the molecule is Cc1ccc(-n2ncnc2[C@H](C)NC(=O)c2cc(Cl)cc(C(F)(F)F)c2)nc1. The van der Waals surface area contributed by atoms with E-state index in [1.165, 1.54) is 17.1 Å². The van der Waals surface area contributed by atoms with Gasteiger partial charge < -0.3 is 5.32 Å². The fourth-order valence-corrected chi connectivity index (χ4v) is 2.77. The van der Waals surface area contributed by atoms with E-state index in [0.717, 1.165) is 17.7 Å². The molecular formula is C18H15ClF3N5O. The molecule has 0 saturated carbocycles. The van der Waals surface area contributed by atoms with Gasteiger partial charge in [0, 0.05) is 16.8 Å². The van der Waals surface area contributed by atoms with E-state index in [1.54, 1.807) is 19.2 Å². The molecule has 1 atom stereocenters. The third-order valence-electron chi connectivity index (χ3n) is 3.91. The summed E-state index contributed by atoms with van der Waals surface area (Å²) in [6.45, 7) is 3.53. The highest BCUT2D eigenvalue weighted by Gasteiger charge is 2.32. The summed E-state index contributed by atoms with van der Waals surface area (Å²) >= 11 is 5.74. The molecule has 3 rings (SSSR count). The minimum Gasteiger partial charge on any atom is -0.342 e. The summed E-state index contributed by atoms with van der Waals surface area (Å²) in [4.78, 5) is 20.8. The van der Waals surface area contributed by atoms with E-state index in [-0.39, 0.29) is 10.6 Å². The number of rotatable bonds is 4. The number of amides is 1. The molecule has 0 aliphatic rings. The number of hydrogen-bond donors (Lipinski definition) is 1. The van der Waals surface area contributed by atoms with E-state index >= 15 is 0 Å². The fourth-order valence-electron chi connectivity index (χ4n) is 2.54. The Bertz CT molecular complexity index is 1000. The average molecular weight is 410 g/mol. The molecule has 0 saturated heterocycles. The van der Waals surface area contributed by atoms with Crippen LogP contribution in [0.1, 0.15) is 40.3 Å². The number of nitrogens with zero attached hydrogens (tertiary/aromatic N) is 4. The van der Waals surface area contributed by atoms with Crippen molar-refractivity contribution in [2.24, 2.45) is 0 Å². The first-order valence-electron chi connectivity index (χ1n) is 8.17. The molecule has 0 unspecified atom stereocenters. The molecule has 1 N–H and O–H groups in total. The van der Waals surface area contributed by atoms with E-state index in [4.69, 9.17) is 11.6 Å². The zero-order valence-corrected chi connectivity index (χ0v) is 15.6. The predicted octanol–water partition coefficient (Wildman–Crippen LogP) is 4.13. The fraction of sp³-hybridized carbons (Fsp3) is 0.222. The van der Waals surface area contributed by atoms with Gasteiger partial charge in [0.05, 0.1) is 11.6 Å². The van der Waals surface area contributed by atoms with Crippen LogP contribution in [0.3, 0.4) is 0 Å². The third-order valence-corrected chi connectivity index (χ3v) is 4.13. The number of pyridine rings is 1. The minimum atomic E-state index is -4.61. The van der Waals surface area contributed by atoms with Gasteiger partial charge in [-0.15, -0.1) is 0 Å². The van der Waals surface area contributed by atoms with Gasteiger partial charge >= 0.3 is 6.18 Å². The Hall–Kier alpha value is -2.94. The zero-order chi connectivity index (χ0) is 20.5. The number of carbonyl (C=O) groups is 1. The smallest absolute Gasteiger partial charge is 0.342 e. The normalized spacial score (nSPS) is 12.6. The quantitative estimate of drug-likeness (QED) is 0.703. The molecule has 0 radical (unpaired) electrons. The van der Waals surface area contributed by atoms with E-state index in [0.29, 0.717) is 11.6 Å². The summed E-state index contributed by atoms with van der Waals surface area (Å²) in [6, 6.07) is 5.63. The average Bonchev–Trinajstić information content (AvgIpc) is 3.11. The highest BCUT2D eigenvalue weighted by Crippen LogP contribution is 2.32. The number of aryl methyl sites for hydroxylation is 1. The Kier molecular flexibility index (Phi) is 5.37. The lowest BCUT2D eigenvalue weighted by molar-refractivity contribution is -0.137. The van der Waals surface area contributed by atoms with Crippen molar-refractivity contribution in [1.29, 1.82) is 0 Å². The van der Waals surface area contributed by atoms with Crippen LogP contribution in [0.2, 0.25) is 5.02 Å². The molecule has 28 heavy (non-hydrogen) atoms. The van der Waals surface area contributed by atoms with Crippen molar-refractivity contribution in [2.75, 3.05) is 0 Å². The van der Waals surface area contributed by atoms with Crippen LogP contribution >= 0.6 is 11.6 Å². The predicted molar refractivity (Wildman–Crippen MR) is 96.2 cm³/mol. The lowest BCUT2D eigenvalue weighted by Crippen LogP contribution is -2.29. The maximum atomic E-state index is 12.9. The first kappa shape index (κ1) is 19.8. The van der Waals surface area contributed by atoms with Crippen LogP contribution in [0.5, 0.6) is 0 Å². The van der Waals surface area contributed by atoms with Crippen LogP contribution in [0.4, 0.5) is 13.2 Å². The largest absolute Gasteiger partial charge is 0.416 e. The van der Waals surface area contributed by atoms with Gasteiger partial charge in [-0.2, -0.15) is 23.0 Å². The van der Waals surface area contributed by atoms with Gasteiger partial charge in [-0.25, -0.2) is 9.97 Å². The first-order valence-corrected chi connectivity index (χ1v) is 8.54. The molecule has 1 aromatic carbocycles. The number of halogens is 4. The minimum absolute atomic E-state index is 0.181. The molecule has 10 heteroatoms. The van der Waals surface area contributed by atoms with Crippen LogP contribution in [-0.2, 0) is 6.18 Å². The summed E-state index contributed by atoms with van der Waals surface area (Å²) in [7, 11) is 0. The van der Waals surface area contributed by atoms with Crippen molar-refractivity contribution in [2.45, 2.75) is 26.1 Å². The number of alkyl halides is 3. The molecule has 0 aliphatic heterocycles. The second kappa shape index (κ2) is 7.59. The Labute approximate surface area is 163 Å². The van der Waals surface area contributed by atoms with Crippen molar-refractivity contribution in [3.8, 4) is 5.82 Å². The van der Waals surface area contributed by atoms with Crippen LogP contribution in [0.15, 0.2) is 42.9 Å². The lowest BCUT2D eigenvalue weighted by atomic mass is 10.1. The maximum absolute atomic E-state index is 12.9. The highest BCUT2D eigenvalue weighted by molar-refractivity contribution is 6.31. The standard InChI is InChI=1S/C18H15ClF3N5O/c1-10-3-4-15(23-8-10)27-16(24-9-25-27)11(2)26-17(28)12-5-13(18(20,21)22)7-14(19)6-12/h3-9,11H,1-2H3,(H,26,28)/t11-/m0/s1. The molecule has 1 amide bonds. The third kappa shape index (κ3) is 4.30. The van der Waals surface area contributed by atoms with E-state index in [1.807, 2.05) is 13.0 Å². The van der Waals surface area contributed by atoms with Gasteiger partial charge in [0.1, 0.15) is 6.33 Å². The van der Waals surface area contributed by atoms with Gasteiger partial charge in [-0.3, -0.25) is 4.79 Å². The second-order valence-electron chi connectivity index (χ2n) is 6.15. The summed E-state index contributed by atoms with van der Waals surface area (Å²) in [6.07, 6.45) is -1.64. The van der Waals surface area contributed by atoms with Crippen molar-refractivity contribution in [1.82, 2.24) is 25.1 Å². The van der Waals surface area contributed by atoms with Crippen LogP contribution in [0.25, 0.3) is 5.82 Å². The summed E-state index contributed by atoms with van der Waals surface area (Å²) in [5.74, 6) is 0.163. The molecule has 0 fully saturated rings. The van der Waals surface area contributed by atoms with E-state index in [2.05, 4.69) is 20.4 Å². The van der Waals surface area contributed by atoms with Gasteiger partial charge in [-0.05, 0) is 43.7 Å². The lowest BCUT2D eigenvalue weighted by Gasteiger charge is -2.15. The number of aromatic nitrogens is 4. The van der Waals surface area contributed by atoms with Gasteiger partial charge in [0.2, 0.25) is 0 Å². The highest BCUT2D eigenvalue weighted by atomic mass is 35.5. The Morgan fingerprint density at radius 3 is 2.61 bits per heavy atom. The van der Waals surface area contributed by atoms with E-state index in [9.17, 15) is 18.0 Å². The molecular weight excluding hydrogens is 395 g/mol.